The van der Waals surface area contributed by atoms with Crippen LogP contribution in [0.15, 0.2) is 53.1 Å². The van der Waals surface area contributed by atoms with Gasteiger partial charge >= 0.3 is 14.2 Å². The summed E-state index contributed by atoms with van der Waals surface area (Å²) >= 11 is 2.06. The summed E-state index contributed by atoms with van der Waals surface area (Å²) in [5.41, 5.74) is 4.23. The first-order valence-electron chi connectivity index (χ1n) is 14.2. The molecular formula is C30H34B2INO9. The smallest absolute Gasteiger partial charge is 0.488 e. The number of hydrogen-bond donors (Lipinski definition) is 4. The number of phenols is 1. The molecule has 5 rings (SSSR count). The van der Waals surface area contributed by atoms with Crippen molar-refractivity contribution in [1.29, 1.82) is 0 Å². The van der Waals surface area contributed by atoms with E-state index in [9.17, 15) is 29.8 Å². The van der Waals surface area contributed by atoms with Crippen molar-refractivity contribution < 1.29 is 43.9 Å². The summed E-state index contributed by atoms with van der Waals surface area (Å²) in [5.74, 6) is -1.91. The van der Waals surface area contributed by atoms with Gasteiger partial charge in [0.1, 0.15) is 0 Å². The second kappa shape index (κ2) is 13.1. The first kappa shape index (κ1) is 31.7. The minimum atomic E-state index is -1.74. The zero-order valence-electron chi connectivity index (χ0n) is 24.2. The lowest BCUT2D eigenvalue weighted by molar-refractivity contribution is -0.122. The number of fused-ring (bicyclic) bond motifs is 3. The van der Waals surface area contributed by atoms with Crippen LogP contribution in [-0.2, 0) is 19.0 Å². The summed E-state index contributed by atoms with van der Waals surface area (Å²) < 4.78 is 17.6. The normalized spacial score (nSPS) is 23.9. The second-order valence-corrected chi connectivity index (χ2v) is 12.5. The van der Waals surface area contributed by atoms with Gasteiger partial charge in [0.15, 0.2) is 11.5 Å². The van der Waals surface area contributed by atoms with E-state index in [4.69, 9.17) is 14.1 Å². The number of nitrogens with zero attached hydrogens (tertiary/aromatic N) is 1. The highest BCUT2D eigenvalue weighted by molar-refractivity contribution is 14.1. The monoisotopic (exact) mass is 701 g/mol. The molecule has 4 atom stereocenters. The maximum Gasteiger partial charge on any atom is 0.488 e. The Morgan fingerprint density at radius 3 is 2.65 bits per heavy atom. The number of amides is 2. The zero-order valence-corrected chi connectivity index (χ0v) is 26.4. The Hall–Kier alpha value is -2.68. The molecule has 4 N–H and O–H groups in total. The molecule has 10 nitrogen and oxygen atoms in total. The van der Waals surface area contributed by atoms with Gasteiger partial charge in [-0.2, -0.15) is 0 Å². The summed E-state index contributed by atoms with van der Waals surface area (Å²) in [7, 11) is 0.257. The van der Waals surface area contributed by atoms with Crippen LogP contribution in [0.5, 0.6) is 11.5 Å². The molecule has 0 unspecified atom stereocenters. The lowest BCUT2D eigenvalue weighted by Gasteiger charge is -2.43. The van der Waals surface area contributed by atoms with Crippen LogP contribution < -0.4 is 15.1 Å². The molecular weight excluding hydrogens is 667 g/mol. The van der Waals surface area contributed by atoms with E-state index >= 15 is 0 Å². The molecule has 226 valence electrons. The van der Waals surface area contributed by atoms with Gasteiger partial charge < -0.3 is 34.3 Å². The number of aromatic hydroxyl groups is 1. The largest absolute Gasteiger partial charge is 0.504 e. The molecule has 0 spiro atoms. The van der Waals surface area contributed by atoms with E-state index in [2.05, 4.69) is 22.6 Å². The molecule has 2 heterocycles. The third kappa shape index (κ3) is 6.29. The van der Waals surface area contributed by atoms with E-state index in [1.54, 1.807) is 25.3 Å². The number of carbonyl (C=O) groups excluding carboxylic acids is 2. The maximum absolute atomic E-state index is 13.9. The molecule has 1 aliphatic carbocycles. The van der Waals surface area contributed by atoms with Crippen LogP contribution in [0.2, 0.25) is 6.32 Å². The molecule has 2 aromatic carbocycles. The highest BCUT2D eigenvalue weighted by atomic mass is 127. The molecule has 2 aromatic rings. The Morgan fingerprint density at radius 2 is 1.95 bits per heavy atom. The molecule has 43 heavy (non-hydrogen) atoms. The van der Waals surface area contributed by atoms with E-state index in [1.165, 1.54) is 19.2 Å². The molecule has 2 saturated heterocycles. The number of ether oxygens (including phenoxy) is 2. The number of carbonyl (C=O) groups is 2. The Labute approximate surface area is 264 Å². The number of anilines is 1. The highest BCUT2D eigenvalue weighted by Gasteiger charge is 2.57. The van der Waals surface area contributed by atoms with Gasteiger partial charge in [0.05, 0.1) is 40.9 Å². The molecule has 13 heteroatoms. The van der Waals surface area contributed by atoms with Gasteiger partial charge in [-0.05, 0) is 107 Å². The number of methoxy groups -OCH3 is 2. The van der Waals surface area contributed by atoms with Gasteiger partial charge in [0.25, 0.3) is 0 Å². The third-order valence-corrected chi connectivity index (χ3v) is 9.36. The van der Waals surface area contributed by atoms with Crippen molar-refractivity contribution >= 4 is 65.9 Å². The van der Waals surface area contributed by atoms with E-state index in [1.807, 2.05) is 19.1 Å². The number of rotatable bonds is 9. The summed E-state index contributed by atoms with van der Waals surface area (Å²) in [6.45, 7) is 2.28. The van der Waals surface area contributed by atoms with Crippen molar-refractivity contribution in [3.63, 3.8) is 0 Å². The van der Waals surface area contributed by atoms with Gasteiger partial charge in [-0.1, -0.05) is 23.8 Å². The van der Waals surface area contributed by atoms with Gasteiger partial charge in [-0.3, -0.25) is 14.5 Å². The Kier molecular flexibility index (Phi) is 9.69. The zero-order chi connectivity index (χ0) is 31.0. The molecule has 2 amide bonds. The quantitative estimate of drug-likeness (QED) is 0.134. The minimum absolute atomic E-state index is 0.0963. The second-order valence-electron chi connectivity index (χ2n) is 11.3. The summed E-state index contributed by atoms with van der Waals surface area (Å²) in [5, 5.41) is 40.3. The molecule has 2 fully saturated rings. The van der Waals surface area contributed by atoms with Crippen molar-refractivity contribution in [3.8, 4) is 11.5 Å². The number of halogens is 1. The Bertz CT molecular complexity index is 1480. The van der Waals surface area contributed by atoms with Crippen LogP contribution >= 0.6 is 22.6 Å². The van der Waals surface area contributed by atoms with Gasteiger partial charge in [-0.15, -0.1) is 0 Å². The molecule has 0 radical (unpaired) electrons. The highest BCUT2D eigenvalue weighted by Crippen LogP contribution is 2.51. The van der Waals surface area contributed by atoms with E-state index in [-0.39, 0.29) is 41.6 Å². The first-order chi connectivity index (χ1) is 20.5. The summed E-state index contributed by atoms with van der Waals surface area (Å²) in [4.78, 5) is 28.7. The van der Waals surface area contributed by atoms with Crippen LogP contribution in [0.4, 0.5) is 5.69 Å². The van der Waals surface area contributed by atoms with Crippen LogP contribution in [-0.4, -0.2) is 73.2 Å². The van der Waals surface area contributed by atoms with Crippen LogP contribution in [0.1, 0.15) is 31.7 Å². The standard InChI is InChI=1S/C30H34B2INO9/c1-16(9-17-10-23(33)28(35)25(11-17)42-3)7-8-24-26-18(15-41-2)12-21-27(22(26)14-31(38)43-24)30(37)34(29(21)36)20-6-4-5-19(13-20)32(39)40/h4-6,9-11,13,21-22,24,27,35,38-40H,7-8,12,14-15H2,1-3H3/b16-9+/t21-,22+,24-,27-/m1/s1. The fourth-order valence-corrected chi connectivity index (χ4v) is 7.32. The molecule has 2 aliphatic heterocycles. The van der Waals surface area contributed by atoms with Gasteiger partial charge in [-0.25, -0.2) is 0 Å². The first-order valence-corrected chi connectivity index (χ1v) is 15.2. The predicted octanol–water partition coefficient (Wildman–Crippen LogP) is 2.52. The SMILES string of the molecule is COCC1=C2[C@@H](CC/C(C)=C/c3cc(I)c(O)c(OC)c3)OB(O)C[C@@H]2[C@@H]2C(=O)N(c3cccc(B(O)O)c3)C(=O)[C@@H]2C1. The maximum atomic E-state index is 13.9. The third-order valence-electron chi connectivity index (χ3n) is 8.54. The predicted molar refractivity (Wildman–Crippen MR) is 171 cm³/mol. The summed E-state index contributed by atoms with van der Waals surface area (Å²) in [6.07, 6.45) is 3.24. The molecule has 3 aliphatic rings. The molecule has 0 bridgehead atoms. The van der Waals surface area contributed by atoms with Crippen LogP contribution in [0.3, 0.4) is 0 Å². The number of hydrogen-bond acceptors (Lipinski definition) is 9. The van der Waals surface area contributed by atoms with Crippen molar-refractivity contribution in [2.45, 2.75) is 38.6 Å². The Morgan fingerprint density at radius 1 is 1.19 bits per heavy atom. The minimum Gasteiger partial charge on any atom is -0.504 e. The summed E-state index contributed by atoms with van der Waals surface area (Å²) in [6, 6.07) is 9.76. The topological polar surface area (TPSA) is 146 Å². The average molecular weight is 701 g/mol. The van der Waals surface area contributed by atoms with Crippen molar-refractivity contribution in [3.05, 3.63) is 62.3 Å². The van der Waals surface area contributed by atoms with Gasteiger partial charge in [0, 0.05) is 7.11 Å². The van der Waals surface area contributed by atoms with Crippen LogP contribution in [0, 0.1) is 21.3 Å². The van der Waals surface area contributed by atoms with Crippen molar-refractivity contribution in [1.82, 2.24) is 0 Å². The lowest BCUT2D eigenvalue weighted by Crippen LogP contribution is -2.46. The Balaban J connectivity index is 1.42. The van der Waals surface area contributed by atoms with E-state index < -0.39 is 38.1 Å². The number of benzene rings is 2. The van der Waals surface area contributed by atoms with Crippen LogP contribution in [0.25, 0.3) is 6.08 Å². The van der Waals surface area contributed by atoms with Gasteiger partial charge in [0.2, 0.25) is 11.8 Å². The fourth-order valence-electron chi connectivity index (χ4n) is 6.70. The fraction of sp³-hybridized carbons (Fsp3) is 0.400. The molecule has 0 aromatic heterocycles. The van der Waals surface area contributed by atoms with E-state index in [0.717, 1.165) is 27.2 Å². The lowest BCUT2D eigenvalue weighted by atomic mass is 9.58. The number of allylic oxidation sites excluding steroid dienone is 1. The number of imide groups is 1. The number of phenolic OH excluding ortho intramolecular Hbond substituents is 1. The average Bonchev–Trinajstić information content (AvgIpc) is 3.22. The van der Waals surface area contributed by atoms with Crippen molar-refractivity contribution in [2.24, 2.45) is 17.8 Å². The van der Waals surface area contributed by atoms with E-state index in [0.29, 0.717) is 28.6 Å². The van der Waals surface area contributed by atoms with Crippen molar-refractivity contribution in [2.75, 3.05) is 25.7 Å². The molecule has 0 saturated carbocycles.